The normalized spacial score (nSPS) is 14.2. The Labute approximate surface area is 201 Å². The summed E-state index contributed by atoms with van der Waals surface area (Å²) in [6.45, 7) is 3.67. The number of rotatable bonds is 12. The van der Waals surface area contributed by atoms with E-state index < -0.39 is 34.5 Å². The Balaban J connectivity index is 1.45. The lowest BCUT2D eigenvalue weighted by atomic mass is 10.2. The minimum absolute atomic E-state index is 0.0471. The highest BCUT2D eigenvalue weighted by atomic mass is 32.2. The number of amides is 1. The van der Waals surface area contributed by atoms with E-state index in [1.54, 1.807) is 19.1 Å². The molecule has 184 valence electrons. The van der Waals surface area contributed by atoms with Gasteiger partial charge >= 0.3 is 5.97 Å². The largest absolute Gasteiger partial charge is 0.480 e. The summed E-state index contributed by atoms with van der Waals surface area (Å²) in [4.78, 5) is 28.0. The minimum Gasteiger partial charge on any atom is -0.480 e. The molecule has 1 aromatic heterocycles. The number of aryl methyl sites for hydroxylation is 2. The van der Waals surface area contributed by atoms with Gasteiger partial charge in [0.15, 0.2) is 5.96 Å². The number of aliphatic imine (C=N–C) groups is 1. The topological polar surface area (TPSA) is 175 Å². The maximum Gasteiger partial charge on any atom is 0.323 e. The number of carbonyl (C=O) groups is 2. The van der Waals surface area contributed by atoms with Gasteiger partial charge in [-0.05, 0) is 31.0 Å². The molecule has 0 unspecified atom stereocenters. The van der Waals surface area contributed by atoms with E-state index in [4.69, 9.17) is 0 Å². The van der Waals surface area contributed by atoms with Crippen LogP contribution in [0.15, 0.2) is 34.2 Å². The van der Waals surface area contributed by atoms with Crippen LogP contribution in [0.1, 0.15) is 22.0 Å². The van der Waals surface area contributed by atoms with Crippen molar-refractivity contribution in [3.8, 4) is 0 Å². The molecule has 0 bridgehead atoms. The van der Waals surface area contributed by atoms with Crippen LogP contribution >= 0.6 is 11.3 Å². The number of aliphatic carboxylic acids is 1. The van der Waals surface area contributed by atoms with Crippen LogP contribution in [0.2, 0.25) is 0 Å². The zero-order chi connectivity index (χ0) is 24.6. The van der Waals surface area contributed by atoms with Crippen molar-refractivity contribution in [1.82, 2.24) is 30.9 Å². The molecule has 0 saturated heterocycles. The first-order valence-electron chi connectivity index (χ1n) is 10.6. The third-order valence-electron chi connectivity index (χ3n) is 4.75. The minimum atomic E-state index is -4.07. The molecule has 34 heavy (non-hydrogen) atoms. The van der Waals surface area contributed by atoms with E-state index in [9.17, 15) is 23.1 Å². The number of carboxylic acids is 1. The molecule has 2 heterocycles. The first-order valence-corrected chi connectivity index (χ1v) is 12.9. The lowest BCUT2D eigenvalue weighted by Gasteiger charge is -2.15. The van der Waals surface area contributed by atoms with Gasteiger partial charge in [-0.3, -0.25) is 14.6 Å². The Morgan fingerprint density at radius 1 is 1.26 bits per heavy atom. The van der Waals surface area contributed by atoms with Crippen LogP contribution in [-0.4, -0.2) is 73.8 Å². The molecule has 5 N–H and O–H groups in total. The van der Waals surface area contributed by atoms with E-state index in [2.05, 4.69) is 35.9 Å². The van der Waals surface area contributed by atoms with E-state index in [1.165, 1.54) is 23.5 Å². The number of nitrogens with one attached hydrogen (secondary N) is 4. The average Bonchev–Trinajstić information content (AvgIpc) is 3.46. The molecule has 12 nitrogen and oxygen atoms in total. The molecule has 2 aromatic rings. The van der Waals surface area contributed by atoms with Gasteiger partial charge in [-0.15, -0.1) is 21.5 Å². The van der Waals surface area contributed by atoms with Gasteiger partial charge in [0.05, 0.1) is 17.9 Å². The Kier molecular flexibility index (Phi) is 8.90. The van der Waals surface area contributed by atoms with Gasteiger partial charge < -0.3 is 21.1 Å². The van der Waals surface area contributed by atoms with Gasteiger partial charge in [0.2, 0.25) is 15.9 Å². The molecule has 0 fully saturated rings. The van der Waals surface area contributed by atoms with Crippen molar-refractivity contribution in [2.24, 2.45) is 4.99 Å². The molecule has 1 aliphatic heterocycles. The summed E-state index contributed by atoms with van der Waals surface area (Å²) in [5, 5.41) is 27.5. The average molecular weight is 510 g/mol. The van der Waals surface area contributed by atoms with Crippen molar-refractivity contribution >= 4 is 39.2 Å². The van der Waals surface area contributed by atoms with Crippen molar-refractivity contribution in [1.29, 1.82) is 0 Å². The van der Waals surface area contributed by atoms with E-state index in [0.29, 0.717) is 11.4 Å². The van der Waals surface area contributed by atoms with Crippen LogP contribution in [0.4, 0.5) is 0 Å². The second kappa shape index (κ2) is 11.9. The van der Waals surface area contributed by atoms with Gasteiger partial charge in [-0.2, -0.15) is 4.72 Å². The molecular formula is C20H27N7O5S2. The van der Waals surface area contributed by atoms with E-state index in [0.717, 1.165) is 42.6 Å². The number of benzene rings is 1. The van der Waals surface area contributed by atoms with Crippen molar-refractivity contribution in [2.75, 3.05) is 26.2 Å². The SMILES string of the molecule is Cc1cccc(S(=O)(=O)N[C@@H](CNC(=O)Cc2nnc(CCCNC3=NCCN3)s2)C(=O)O)c1. The molecule has 3 rings (SSSR count). The molecular weight excluding hydrogens is 482 g/mol. The number of nitrogens with zero attached hydrogens (tertiary/aromatic N) is 3. The summed E-state index contributed by atoms with van der Waals surface area (Å²) in [6, 6.07) is 4.58. The molecule has 1 atom stereocenters. The van der Waals surface area contributed by atoms with E-state index >= 15 is 0 Å². The summed E-state index contributed by atoms with van der Waals surface area (Å²) >= 11 is 1.31. The zero-order valence-corrected chi connectivity index (χ0v) is 20.2. The predicted octanol–water partition coefficient (Wildman–Crippen LogP) is -0.582. The molecule has 0 radical (unpaired) electrons. The summed E-state index contributed by atoms with van der Waals surface area (Å²) in [5.41, 5.74) is 0.718. The van der Waals surface area contributed by atoms with Crippen molar-refractivity contribution in [2.45, 2.75) is 37.1 Å². The fourth-order valence-corrected chi connectivity index (χ4v) is 5.24. The number of carbonyl (C=O) groups excluding carboxylic acids is 1. The fourth-order valence-electron chi connectivity index (χ4n) is 3.06. The van der Waals surface area contributed by atoms with Gasteiger partial charge in [0, 0.05) is 26.1 Å². The zero-order valence-electron chi connectivity index (χ0n) is 18.6. The fraction of sp³-hybridized carbons (Fsp3) is 0.450. The van der Waals surface area contributed by atoms with Crippen LogP contribution in [0.25, 0.3) is 0 Å². The van der Waals surface area contributed by atoms with Crippen LogP contribution in [0.3, 0.4) is 0 Å². The van der Waals surface area contributed by atoms with Gasteiger partial charge in [-0.25, -0.2) is 8.42 Å². The third kappa shape index (κ3) is 7.74. The number of aromatic nitrogens is 2. The number of hydrogen-bond acceptors (Lipinski definition) is 10. The lowest BCUT2D eigenvalue weighted by Crippen LogP contribution is -2.48. The van der Waals surface area contributed by atoms with Gasteiger partial charge in [0.1, 0.15) is 16.1 Å². The lowest BCUT2D eigenvalue weighted by molar-refractivity contribution is -0.138. The van der Waals surface area contributed by atoms with E-state index in [1.807, 2.05) is 0 Å². The predicted molar refractivity (Wildman–Crippen MR) is 126 cm³/mol. The maximum absolute atomic E-state index is 12.5. The number of hydrogen-bond donors (Lipinski definition) is 5. The van der Waals surface area contributed by atoms with Gasteiger partial charge in [-0.1, -0.05) is 12.1 Å². The highest BCUT2D eigenvalue weighted by Gasteiger charge is 2.26. The molecule has 14 heteroatoms. The Morgan fingerprint density at radius 2 is 2.06 bits per heavy atom. The monoisotopic (exact) mass is 509 g/mol. The summed E-state index contributed by atoms with van der Waals surface area (Å²) in [6.07, 6.45) is 1.44. The summed E-state index contributed by atoms with van der Waals surface area (Å²) in [7, 11) is -4.07. The second-order valence-electron chi connectivity index (χ2n) is 7.59. The standard InChI is InChI=1S/C20H27N7O5S2/c1-13-4-2-5-14(10-13)34(31,32)27-15(19(29)30)12-24-16(28)11-18-26-25-17(33-18)6-3-7-21-20-22-8-9-23-20/h2,4-5,10,15,27H,3,6-9,11-12H2,1H3,(H,24,28)(H,29,30)(H2,21,22,23)/t15-/m0/s1. The Hall–Kier alpha value is -3.10. The maximum atomic E-state index is 12.5. The number of sulfonamides is 1. The molecule has 1 amide bonds. The number of guanidine groups is 1. The molecule has 1 aliphatic rings. The van der Waals surface area contributed by atoms with Crippen LogP contribution in [0, 0.1) is 6.92 Å². The molecule has 0 saturated carbocycles. The van der Waals surface area contributed by atoms with Crippen LogP contribution < -0.4 is 20.7 Å². The van der Waals surface area contributed by atoms with Crippen molar-refractivity contribution in [3.63, 3.8) is 0 Å². The first kappa shape index (κ1) is 25.5. The first-order chi connectivity index (χ1) is 16.2. The third-order valence-corrected chi connectivity index (χ3v) is 7.21. The van der Waals surface area contributed by atoms with Crippen LogP contribution in [-0.2, 0) is 32.5 Å². The number of carboxylic acid groups (broad SMARTS) is 1. The second-order valence-corrected chi connectivity index (χ2v) is 10.4. The van der Waals surface area contributed by atoms with Crippen molar-refractivity contribution in [3.05, 3.63) is 39.8 Å². The molecule has 0 spiro atoms. The van der Waals surface area contributed by atoms with E-state index in [-0.39, 0.29) is 11.3 Å². The van der Waals surface area contributed by atoms with Crippen LogP contribution in [0.5, 0.6) is 0 Å². The van der Waals surface area contributed by atoms with Crippen molar-refractivity contribution < 1.29 is 23.1 Å². The Morgan fingerprint density at radius 3 is 2.76 bits per heavy atom. The highest BCUT2D eigenvalue weighted by Crippen LogP contribution is 2.13. The summed E-state index contributed by atoms with van der Waals surface area (Å²) < 4.78 is 27.1. The quantitative estimate of drug-likeness (QED) is 0.234. The summed E-state index contributed by atoms with van der Waals surface area (Å²) in [5.74, 6) is -1.08. The van der Waals surface area contributed by atoms with Gasteiger partial charge in [0.25, 0.3) is 0 Å². The smallest absolute Gasteiger partial charge is 0.323 e. The Bertz CT molecular complexity index is 1150. The molecule has 0 aliphatic carbocycles. The molecule has 1 aromatic carbocycles. The highest BCUT2D eigenvalue weighted by molar-refractivity contribution is 7.89.